The molecule has 0 aromatic heterocycles. The summed E-state index contributed by atoms with van der Waals surface area (Å²) in [6, 6.07) is 11.5. The van der Waals surface area contributed by atoms with Gasteiger partial charge in [0.05, 0.1) is 0 Å². The number of sulfonamides is 1. The molecule has 3 heterocycles. The van der Waals surface area contributed by atoms with Gasteiger partial charge in [0.25, 0.3) is 10.0 Å². The number of nitrogens with zero attached hydrogens (tertiary/aromatic N) is 3. The van der Waals surface area contributed by atoms with Crippen LogP contribution in [0.25, 0.3) is 4.91 Å². The number of fused-ring (bicyclic) bond motifs is 1. The van der Waals surface area contributed by atoms with Gasteiger partial charge in [-0.1, -0.05) is 18.2 Å². The Morgan fingerprint density at radius 3 is 2.45 bits per heavy atom. The first kappa shape index (κ1) is 20.0. The topological polar surface area (TPSA) is 71.4 Å². The van der Waals surface area contributed by atoms with Gasteiger partial charge in [-0.2, -0.15) is 8.42 Å². The Balaban J connectivity index is 1.28. The van der Waals surface area contributed by atoms with Crippen molar-refractivity contribution in [3.63, 3.8) is 0 Å². The van der Waals surface area contributed by atoms with Crippen molar-refractivity contribution in [1.82, 2.24) is 9.80 Å². The molecule has 1 fully saturated rings. The highest BCUT2D eigenvalue weighted by atomic mass is 32.2. The van der Waals surface area contributed by atoms with E-state index in [1.54, 1.807) is 6.92 Å². The lowest BCUT2D eigenvalue weighted by molar-refractivity contribution is 0.172. The Kier molecular flexibility index (Phi) is 4.94. The molecule has 0 saturated carbocycles. The lowest BCUT2D eigenvalue weighted by Gasteiger charge is -2.36. The van der Waals surface area contributed by atoms with Gasteiger partial charge >= 0.3 is 0 Å². The van der Waals surface area contributed by atoms with Crippen LogP contribution in [0.3, 0.4) is 0 Å². The third kappa shape index (κ3) is 3.79. The van der Waals surface area contributed by atoms with Crippen molar-refractivity contribution in [2.75, 3.05) is 33.0 Å². The molecular formula is C22H22FN3O4S. The number of halogens is 1. The molecule has 31 heavy (non-hydrogen) atoms. The summed E-state index contributed by atoms with van der Waals surface area (Å²) in [5.74, 6) is 1.63. The third-order valence-corrected chi connectivity index (χ3v) is 7.23. The second-order valence-corrected chi connectivity index (χ2v) is 9.34. The van der Waals surface area contributed by atoms with E-state index in [9.17, 15) is 12.8 Å². The van der Waals surface area contributed by atoms with E-state index >= 15 is 0 Å². The molecular weight excluding hydrogens is 421 g/mol. The van der Waals surface area contributed by atoms with E-state index in [1.807, 2.05) is 23.1 Å². The minimum atomic E-state index is -3.80. The molecule has 162 valence electrons. The minimum Gasteiger partial charge on any atom is -0.454 e. The van der Waals surface area contributed by atoms with Gasteiger partial charge in [-0.05, 0) is 42.3 Å². The summed E-state index contributed by atoms with van der Waals surface area (Å²) in [6.45, 7) is 5.72. The summed E-state index contributed by atoms with van der Waals surface area (Å²) >= 11 is 0. The van der Waals surface area contributed by atoms with Gasteiger partial charge < -0.3 is 14.4 Å². The van der Waals surface area contributed by atoms with Crippen LogP contribution < -0.4 is 9.47 Å². The molecule has 5 rings (SSSR count). The van der Waals surface area contributed by atoms with Crippen LogP contribution in [0.2, 0.25) is 0 Å². The van der Waals surface area contributed by atoms with Crippen molar-refractivity contribution in [2.45, 2.75) is 13.5 Å². The zero-order chi connectivity index (χ0) is 21.6. The number of ether oxygens (including phenoxy) is 2. The maximum absolute atomic E-state index is 13.3. The maximum atomic E-state index is 13.3. The summed E-state index contributed by atoms with van der Waals surface area (Å²) in [5, 5.41) is 0. The summed E-state index contributed by atoms with van der Waals surface area (Å²) < 4.78 is 53.6. The van der Waals surface area contributed by atoms with E-state index in [4.69, 9.17) is 9.47 Å². The zero-order valence-corrected chi connectivity index (χ0v) is 17.9. The fourth-order valence-corrected chi connectivity index (χ4v) is 5.68. The lowest BCUT2D eigenvalue weighted by atomic mass is 10.1. The van der Waals surface area contributed by atoms with Crippen LogP contribution in [-0.4, -0.2) is 57.0 Å². The van der Waals surface area contributed by atoms with Crippen LogP contribution >= 0.6 is 0 Å². The SMILES string of the molecule is CC1=C(c2ccc(F)cc2)S(=O)(=O)N=C1N1CCN(Cc2ccc3c(c2)OCO3)CC1. The first-order chi connectivity index (χ1) is 14.9. The van der Waals surface area contributed by atoms with Crippen LogP contribution in [-0.2, 0) is 16.6 Å². The van der Waals surface area contributed by atoms with Gasteiger partial charge in [0.15, 0.2) is 11.5 Å². The maximum Gasteiger partial charge on any atom is 0.285 e. The van der Waals surface area contributed by atoms with Gasteiger partial charge in [-0.25, -0.2) is 4.39 Å². The Morgan fingerprint density at radius 1 is 1.00 bits per heavy atom. The zero-order valence-electron chi connectivity index (χ0n) is 17.0. The fourth-order valence-electron chi connectivity index (χ4n) is 4.20. The molecule has 3 aliphatic heterocycles. The predicted molar refractivity (Wildman–Crippen MR) is 115 cm³/mol. The smallest absolute Gasteiger partial charge is 0.285 e. The van der Waals surface area contributed by atoms with Crippen LogP contribution in [0.5, 0.6) is 11.5 Å². The van der Waals surface area contributed by atoms with E-state index in [0.29, 0.717) is 30.1 Å². The van der Waals surface area contributed by atoms with Gasteiger partial charge in [0.1, 0.15) is 16.6 Å². The summed E-state index contributed by atoms with van der Waals surface area (Å²) in [5.41, 5.74) is 2.21. The molecule has 0 amide bonds. The second kappa shape index (κ2) is 7.65. The quantitative estimate of drug-likeness (QED) is 0.727. The first-order valence-electron chi connectivity index (χ1n) is 10.1. The standard InChI is InChI=1S/C22H22FN3O4S/c1-15-21(17-3-5-18(23)6-4-17)31(27,28)24-22(15)26-10-8-25(9-11-26)13-16-2-7-19-20(12-16)30-14-29-19/h2-7,12H,8-11,13-14H2,1H3. The highest BCUT2D eigenvalue weighted by Crippen LogP contribution is 2.35. The van der Waals surface area contributed by atoms with Crippen molar-refractivity contribution in [3.05, 3.63) is 65.0 Å². The molecule has 0 radical (unpaired) electrons. The molecule has 0 N–H and O–H groups in total. The van der Waals surface area contributed by atoms with Gasteiger partial charge in [0.2, 0.25) is 6.79 Å². The third-order valence-electron chi connectivity index (χ3n) is 5.76. The Bertz CT molecular complexity index is 1180. The molecule has 0 aliphatic carbocycles. The van der Waals surface area contributed by atoms with E-state index in [1.165, 1.54) is 24.3 Å². The molecule has 0 bridgehead atoms. The molecule has 0 unspecified atom stereocenters. The van der Waals surface area contributed by atoms with Crippen LogP contribution in [0.15, 0.2) is 52.4 Å². The van der Waals surface area contributed by atoms with Gasteiger partial charge in [0, 0.05) is 38.3 Å². The average molecular weight is 444 g/mol. The molecule has 0 spiro atoms. The summed E-state index contributed by atoms with van der Waals surface area (Å²) in [4.78, 5) is 4.49. The van der Waals surface area contributed by atoms with E-state index in [2.05, 4.69) is 9.30 Å². The number of amidine groups is 1. The van der Waals surface area contributed by atoms with Crippen LogP contribution in [0, 0.1) is 5.82 Å². The van der Waals surface area contributed by atoms with E-state index in [0.717, 1.165) is 36.7 Å². The molecule has 7 nitrogen and oxygen atoms in total. The normalized spacial score (nSPS) is 20.3. The summed E-state index contributed by atoms with van der Waals surface area (Å²) in [6.07, 6.45) is 0. The number of benzene rings is 2. The van der Waals surface area contributed by atoms with Crippen LogP contribution in [0.1, 0.15) is 18.1 Å². The monoisotopic (exact) mass is 443 g/mol. The molecule has 3 aliphatic rings. The summed E-state index contributed by atoms with van der Waals surface area (Å²) in [7, 11) is -3.80. The number of piperazine rings is 1. The van der Waals surface area contributed by atoms with E-state index in [-0.39, 0.29) is 11.7 Å². The highest BCUT2D eigenvalue weighted by molar-refractivity contribution is 8.00. The Morgan fingerprint density at radius 2 is 1.71 bits per heavy atom. The number of hydrogen-bond donors (Lipinski definition) is 0. The lowest BCUT2D eigenvalue weighted by Crippen LogP contribution is -2.48. The molecule has 1 saturated heterocycles. The molecule has 2 aromatic carbocycles. The molecule has 9 heteroatoms. The number of hydrogen-bond acceptors (Lipinski definition) is 6. The van der Waals surface area contributed by atoms with Crippen molar-refractivity contribution in [3.8, 4) is 11.5 Å². The molecule has 2 aromatic rings. The van der Waals surface area contributed by atoms with Gasteiger partial charge in [-0.15, -0.1) is 4.40 Å². The minimum absolute atomic E-state index is 0.158. The first-order valence-corrected chi connectivity index (χ1v) is 11.5. The largest absolute Gasteiger partial charge is 0.454 e. The second-order valence-electron chi connectivity index (χ2n) is 7.80. The van der Waals surface area contributed by atoms with Gasteiger partial charge in [-0.3, -0.25) is 4.90 Å². The Hall–Kier alpha value is -2.91. The fraction of sp³-hybridized carbons (Fsp3) is 0.318. The van der Waals surface area contributed by atoms with Crippen molar-refractivity contribution in [2.24, 2.45) is 4.40 Å². The van der Waals surface area contributed by atoms with E-state index < -0.39 is 15.8 Å². The van der Waals surface area contributed by atoms with Crippen molar-refractivity contribution < 1.29 is 22.3 Å². The Labute approximate surface area is 180 Å². The highest BCUT2D eigenvalue weighted by Gasteiger charge is 2.34. The van der Waals surface area contributed by atoms with Crippen molar-refractivity contribution >= 4 is 20.8 Å². The predicted octanol–water partition coefficient (Wildman–Crippen LogP) is 2.85. The number of rotatable bonds is 3. The van der Waals surface area contributed by atoms with Crippen molar-refractivity contribution in [1.29, 1.82) is 0 Å². The average Bonchev–Trinajstić information content (AvgIpc) is 3.31. The molecule has 0 atom stereocenters. The van der Waals surface area contributed by atoms with Crippen LogP contribution in [0.4, 0.5) is 4.39 Å².